The molecule has 0 saturated carbocycles. The third kappa shape index (κ3) is 5.60. The van der Waals surface area contributed by atoms with Crippen molar-refractivity contribution in [3.05, 3.63) is 70.0 Å². The molecule has 33 heavy (non-hydrogen) atoms. The third-order valence-electron chi connectivity index (χ3n) is 5.80. The number of nitrogens with zero attached hydrogens (tertiary/aromatic N) is 6. The van der Waals surface area contributed by atoms with Crippen LogP contribution in [0, 0.1) is 24.0 Å². The summed E-state index contributed by atoms with van der Waals surface area (Å²) in [5.41, 5.74) is 3.80. The van der Waals surface area contributed by atoms with E-state index in [1.165, 1.54) is 12.1 Å². The van der Waals surface area contributed by atoms with Crippen LogP contribution in [0.5, 0.6) is 0 Å². The number of aromatic nitrogens is 3. The summed E-state index contributed by atoms with van der Waals surface area (Å²) < 4.78 is 1.76. The molecule has 0 radical (unpaired) electrons. The van der Waals surface area contributed by atoms with E-state index in [0.717, 1.165) is 48.6 Å². The quantitative estimate of drug-likeness (QED) is 0.436. The van der Waals surface area contributed by atoms with E-state index in [1.54, 1.807) is 23.1 Å². The van der Waals surface area contributed by atoms with Crippen molar-refractivity contribution in [3.63, 3.8) is 0 Å². The minimum absolute atomic E-state index is 0.00451. The van der Waals surface area contributed by atoms with Gasteiger partial charge in [0.1, 0.15) is 6.33 Å². The Morgan fingerprint density at radius 2 is 1.67 bits per heavy atom. The fourth-order valence-electron chi connectivity index (χ4n) is 3.91. The van der Waals surface area contributed by atoms with Crippen molar-refractivity contribution in [2.45, 2.75) is 20.5 Å². The number of carbonyl (C=O) groups excluding carboxylic acids is 1. The van der Waals surface area contributed by atoms with Crippen molar-refractivity contribution in [1.29, 1.82) is 0 Å². The van der Waals surface area contributed by atoms with Gasteiger partial charge >= 0.3 is 0 Å². The molecule has 4 rings (SSSR count). The number of nitrogens with one attached hydrogen (secondary N) is 1. The Morgan fingerprint density at radius 1 is 1.03 bits per heavy atom. The highest BCUT2D eigenvalue weighted by Crippen LogP contribution is 2.20. The molecule has 10 heteroatoms. The van der Waals surface area contributed by atoms with Crippen LogP contribution in [0.15, 0.2) is 48.8 Å². The van der Waals surface area contributed by atoms with E-state index in [0.29, 0.717) is 19.0 Å². The Balaban J connectivity index is 1.26. The number of nitro benzene ring substituents is 1. The molecule has 3 aromatic rings. The van der Waals surface area contributed by atoms with E-state index < -0.39 is 4.92 Å². The van der Waals surface area contributed by atoms with E-state index >= 15 is 0 Å². The number of aryl methyl sites for hydroxylation is 2. The maximum atomic E-state index is 12.5. The largest absolute Gasteiger partial charge is 0.324 e. The Labute approximate surface area is 192 Å². The van der Waals surface area contributed by atoms with Gasteiger partial charge in [-0.05, 0) is 37.1 Å². The number of hydrogen-bond donors (Lipinski definition) is 1. The maximum absolute atomic E-state index is 12.5. The highest BCUT2D eigenvalue weighted by molar-refractivity contribution is 5.93. The molecule has 1 N–H and O–H groups in total. The topological polar surface area (TPSA) is 109 Å². The maximum Gasteiger partial charge on any atom is 0.269 e. The summed E-state index contributed by atoms with van der Waals surface area (Å²) in [6, 6.07) is 12.2. The molecule has 1 aromatic heterocycles. The van der Waals surface area contributed by atoms with Crippen molar-refractivity contribution in [2.75, 3.05) is 38.0 Å². The number of anilines is 1. The first kappa shape index (κ1) is 22.6. The molecule has 2 aromatic carbocycles. The molecule has 10 nitrogen and oxygen atoms in total. The van der Waals surface area contributed by atoms with Crippen LogP contribution >= 0.6 is 0 Å². The summed E-state index contributed by atoms with van der Waals surface area (Å²) in [4.78, 5) is 31.6. The number of nitro groups is 1. The van der Waals surface area contributed by atoms with E-state index in [2.05, 4.69) is 25.2 Å². The number of hydrogen-bond acceptors (Lipinski definition) is 7. The van der Waals surface area contributed by atoms with E-state index in [1.807, 2.05) is 32.0 Å². The van der Waals surface area contributed by atoms with Crippen molar-refractivity contribution in [2.24, 2.45) is 0 Å². The molecule has 0 bridgehead atoms. The predicted octanol–water partition coefficient (Wildman–Crippen LogP) is 2.68. The summed E-state index contributed by atoms with van der Waals surface area (Å²) in [5, 5.41) is 18.4. The SMILES string of the molecule is Cc1cccc(C)c1NC(=O)CN1CCN(Cn2cnc(-c3ccc([N+](=O)[O-])cc3)n2)CC1. The molecule has 1 amide bonds. The van der Waals surface area contributed by atoms with Crippen LogP contribution in [0.1, 0.15) is 11.1 Å². The number of rotatable bonds is 7. The second kappa shape index (κ2) is 9.88. The van der Waals surface area contributed by atoms with Gasteiger partial charge < -0.3 is 5.32 Å². The smallest absolute Gasteiger partial charge is 0.269 e. The van der Waals surface area contributed by atoms with Crippen molar-refractivity contribution < 1.29 is 9.72 Å². The van der Waals surface area contributed by atoms with Crippen LogP contribution in [-0.2, 0) is 11.5 Å². The monoisotopic (exact) mass is 449 g/mol. The highest BCUT2D eigenvalue weighted by atomic mass is 16.6. The second-order valence-electron chi connectivity index (χ2n) is 8.26. The highest BCUT2D eigenvalue weighted by Gasteiger charge is 2.20. The van der Waals surface area contributed by atoms with Gasteiger partial charge in [-0.3, -0.25) is 24.7 Å². The summed E-state index contributed by atoms with van der Waals surface area (Å²) in [6.07, 6.45) is 1.67. The lowest BCUT2D eigenvalue weighted by atomic mass is 10.1. The van der Waals surface area contributed by atoms with E-state index in [9.17, 15) is 14.9 Å². The van der Waals surface area contributed by atoms with E-state index in [-0.39, 0.29) is 11.6 Å². The van der Waals surface area contributed by atoms with Crippen LogP contribution in [0.2, 0.25) is 0 Å². The molecule has 1 aliphatic heterocycles. The number of piperazine rings is 1. The van der Waals surface area contributed by atoms with Gasteiger partial charge in [-0.1, -0.05) is 18.2 Å². The van der Waals surface area contributed by atoms with Gasteiger partial charge in [-0.2, -0.15) is 0 Å². The fraction of sp³-hybridized carbons (Fsp3) is 0.348. The molecular formula is C23H27N7O3. The molecule has 172 valence electrons. The summed E-state index contributed by atoms with van der Waals surface area (Å²) in [5.74, 6) is 0.538. The summed E-state index contributed by atoms with van der Waals surface area (Å²) in [7, 11) is 0. The lowest BCUT2D eigenvalue weighted by Gasteiger charge is -2.34. The van der Waals surface area contributed by atoms with Gasteiger partial charge in [0.2, 0.25) is 5.91 Å². The Morgan fingerprint density at radius 3 is 2.30 bits per heavy atom. The Hall–Kier alpha value is -3.63. The van der Waals surface area contributed by atoms with Crippen molar-refractivity contribution in [3.8, 4) is 11.4 Å². The van der Waals surface area contributed by atoms with Crippen LogP contribution in [0.4, 0.5) is 11.4 Å². The fourth-order valence-corrected chi connectivity index (χ4v) is 3.91. The van der Waals surface area contributed by atoms with Crippen LogP contribution in [0.3, 0.4) is 0 Å². The zero-order valence-electron chi connectivity index (χ0n) is 18.8. The molecule has 1 aliphatic rings. The Bertz CT molecular complexity index is 1110. The van der Waals surface area contributed by atoms with Crippen LogP contribution in [0.25, 0.3) is 11.4 Å². The van der Waals surface area contributed by atoms with Crippen molar-refractivity contribution >= 4 is 17.3 Å². The number of non-ortho nitro benzene ring substituents is 1. The molecule has 2 heterocycles. The average molecular weight is 450 g/mol. The van der Waals surface area contributed by atoms with Gasteiger partial charge in [-0.15, -0.1) is 5.10 Å². The lowest BCUT2D eigenvalue weighted by Crippen LogP contribution is -2.48. The van der Waals surface area contributed by atoms with Crippen LogP contribution in [-0.4, -0.2) is 68.1 Å². The van der Waals surface area contributed by atoms with Gasteiger partial charge in [-0.25, -0.2) is 9.67 Å². The summed E-state index contributed by atoms with van der Waals surface area (Å²) in [6.45, 7) is 8.20. The average Bonchev–Trinajstić information content (AvgIpc) is 3.26. The van der Waals surface area contributed by atoms with Crippen LogP contribution < -0.4 is 5.32 Å². The first-order valence-corrected chi connectivity index (χ1v) is 10.8. The first-order valence-electron chi connectivity index (χ1n) is 10.8. The first-order chi connectivity index (χ1) is 15.9. The Kier molecular flexibility index (Phi) is 6.76. The number of amides is 1. The van der Waals surface area contributed by atoms with Gasteiger partial charge in [0.05, 0.1) is 18.1 Å². The van der Waals surface area contributed by atoms with Crippen molar-refractivity contribution in [1.82, 2.24) is 24.6 Å². The van der Waals surface area contributed by atoms with Gasteiger partial charge in [0.25, 0.3) is 5.69 Å². The molecular weight excluding hydrogens is 422 g/mol. The molecule has 0 atom stereocenters. The molecule has 1 fully saturated rings. The zero-order chi connectivity index (χ0) is 23.4. The number of para-hydroxylation sites is 1. The lowest BCUT2D eigenvalue weighted by molar-refractivity contribution is -0.384. The normalized spacial score (nSPS) is 14.8. The second-order valence-corrected chi connectivity index (χ2v) is 8.26. The number of carbonyl (C=O) groups is 1. The molecule has 0 aliphatic carbocycles. The molecule has 0 spiro atoms. The number of benzene rings is 2. The predicted molar refractivity (Wildman–Crippen MR) is 125 cm³/mol. The standard InChI is InChI=1S/C23H27N7O3/c1-17-4-3-5-18(2)22(17)25-21(31)14-27-10-12-28(13-11-27)16-29-15-24-23(26-29)19-6-8-20(9-7-19)30(32)33/h3-9,15H,10-14,16H2,1-2H3,(H,25,31). The summed E-state index contributed by atoms with van der Waals surface area (Å²) >= 11 is 0. The molecule has 1 saturated heterocycles. The molecule has 0 unspecified atom stereocenters. The zero-order valence-corrected chi connectivity index (χ0v) is 18.8. The van der Waals surface area contributed by atoms with Gasteiger partial charge in [0.15, 0.2) is 5.82 Å². The minimum atomic E-state index is -0.428. The van der Waals surface area contributed by atoms with E-state index in [4.69, 9.17) is 0 Å². The minimum Gasteiger partial charge on any atom is -0.324 e. The third-order valence-corrected chi connectivity index (χ3v) is 5.80. The van der Waals surface area contributed by atoms with Gasteiger partial charge in [0, 0.05) is 49.6 Å².